The van der Waals surface area contributed by atoms with Crippen LogP contribution in [0.15, 0.2) is 43.0 Å². The van der Waals surface area contributed by atoms with Crippen LogP contribution in [0, 0.1) is 17.2 Å². The Bertz CT molecular complexity index is 1090. The SMILES string of the molecule is CC(C)(C)C1(O)CCC(COc2c(Cl)ncnc2-c2cnn(-c3ccccc3F)c2)CC1. The van der Waals surface area contributed by atoms with Gasteiger partial charge in [-0.2, -0.15) is 5.10 Å². The molecular weight excluding hydrogens is 431 g/mol. The van der Waals surface area contributed by atoms with E-state index in [2.05, 4.69) is 35.8 Å². The second-order valence-corrected chi connectivity index (χ2v) is 9.86. The summed E-state index contributed by atoms with van der Waals surface area (Å²) in [5.41, 5.74) is 0.701. The Morgan fingerprint density at radius 3 is 2.62 bits per heavy atom. The van der Waals surface area contributed by atoms with Gasteiger partial charge in [-0.3, -0.25) is 0 Å². The highest BCUT2D eigenvalue weighted by Gasteiger charge is 2.42. The van der Waals surface area contributed by atoms with Gasteiger partial charge in [0.15, 0.2) is 10.9 Å². The number of para-hydroxylation sites is 1. The van der Waals surface area contributed by atoms with E-state index in [9.17, 15) is 9.50 Å². The number of benzene rings is 1. The third-order valence-corrected chi connectivity index (χ3v) is 6.78. The third-order valence-electron chi connectivity index (χ3n) is 6.51. The number of halogens is 2. The molecule has 1 fully saturated rings. The van der Waals surface area contributed by atoms with Crippen molar-refractivity contribution in [1.29, 1.82) is 0 Å². The van der Waals surface area contributed by atoms with Gasteiger partial charge in [-0.05, 0) is 49.1 Å². The lowest BCUT2D eigenvalue weighted by molar-refractivity contribution is -0.0954. The molecule has 0 aliphatic heterocycles. The van der Waals surface area contributed by atoms with Crippen molar-refractivity contribution < 1.29 is 14.2 Å². The van der Waals surface area contributed by atoms with Crippen molar-refractivity contribution in [2.24, 2.45) is 11.3 Å². The van der Waals surface area contributed by atoms with Crippen molar-refractivity contribution in [1.82, 2.24) is 19.7 Å². The molecule has 0 saturated heterocycles. The maximum atomic E-state index is 14.1. The molecule has 0 atom stereocenters. The summed E-state index contributed by atoms with van der Waals surface area (Å²) < 4.78 is 21.7. The molecule has 3 aromatic rings. The highest BCUT2D eigenvalue weighted by Crippen LogP contribution is 2.44. The summed E-state index contributed by atoms with van der Waals surface area (Å²) in [5, 5.41) is 15.4. The molecule has 0 radical (unpaired) electrons. The van der Waals surface area contributed by atoms with Gasteiger partial charge in [-0.15, -0.1) is 0 Å². The second kappa shape index (κ2) is 8.79. The molecule has 1 N–H and O–H groups in total. The van der Waals surface area contributed by atoms with Crippen LogP contribution in [0.25, 0.3) is 16.9 Å². The molecule has 32 heavy (non-hydrogen) atoms. The van der Waals surface area contributed by atoms with Crippen LogP contribution in [-0.4, -0.2) is 37.1 Å². The van der Waals surface area contributed by atoms with E-state index in [1.165, 1.54) is 17.1 Å². The average Bonchev–Trinajstić information content (AvgIpc) is 3.23. The molecule has 2 aromatic heterocycles. The predicted octanol–water partition coefficient (Wildman–Crippen LogP) is 5.47. The van der Waals surface area contributed by atoms with Gasteiger partial charge >= 0.3 is 0 Å². The highest BCUT2D eigenvalue weighted by atomic mass is 35.5. The molecule has 170 valence electrons. The van der Waals surface area contributed by atoms with Crippen LogP contribution in [0.1, 0.15) is 46.5 Å². The van der Waals surface area contributed by atoms with Gasteiger partial charge in [0.05, 0.1) is 18.4 Å². The Morgan fingerprint density at radius 2 is 1.94 bits per heavy atom. The first kappa shape index (κ1) is 22.7. The number of ether oxygens (including phenoxy) is 1. The predicted molar refractivity (Wildman–Crippen MR) is 121 cm³/mol. The van der Waals surface area contributed by atoms with Gasteiger partial charge in [0.25, 0.3) is 0 Å². The molecule has 1 aromatic carbocycles. The fourth-order valence-electron chi connectivity index (χ4n) is 4.17. The van der Waals surface area contributed by atoms with E-state index in [-0.39, 0.29) is 16.4 Å². The van der Waals surface area contributed by atoms with Crippen molar-refractivity contribution in [3.8, 4) is 22.7 Å². The lowest BCUT2D eigenvalue weighted by Crippen LogP contribution is -2.46. The van der Waals surface area contributed by atoms with Crippen LogP contribution in [0.5, 0.6) is 5.75 Å². The number of hydrogen-bond acceptors (Lipinski definition) is 5. The summed E-state index contributed by atoms with van der Waals surface area (Å²) in [5.74, 6) is 0.327. The Morgan fingerprint density at radius 1 is 1.22 bits per heavy atom. The summed E-state index contributed by atoms with van der Waals surface area (Å²) in [7, 11) is 0. The first-order chi connectivity index (χ1) is 15.2. The fraction of sp³-hybridized carbons (Fsp3) is 0.458. The van der Waals surface area contributed by atoms with Crippen molar-refractivity contribution in [2.75, 3.05) is 6.61 Å². The maximum absolute atomic E-state index is 14.1. The molecule has 0 unspecified atom stereocenters. The van der Waals surface area contributed by atoms with Crippen LogP contribution >= 0.6 is 11.6 Å². The Labute approximate surface area is 192 Å². The van der Waals surface area contributed by atoms with Crippen molar-refractivity contribution in [3.63, 3.8) is 0 Å². The minimum absolute atomic E-state index is 0.152. The molecule has 2 heterocycles. The molecule has 8 heteroatoms. The minimum Gasteiger partial charge on any atom is -0.488 e. The molecule has 0 spiro atoms. The minimum atomic E-state index is -0.649. The first-order valence-electron chi connectivity index (χ1n) is 10.8. The normalized spacial score (nSPS) is 21.5. The Kier molecular flexibility index (Phi) is 6.23. The summed E-state index contributed by atoms with van der Waals surface area (Å²) >= 11 is 6.35. The Balaban J connectivity index is 1.50. The second-order valence-electron chi connectivity index (χ2n) is 9.50. The number of hydrogen-bond donors (Lipinski definition) is 1. The van der Waals surface area contributed by atoms with E-state index in [1.807, 2.05) is 0 Å². The highest BCUT2D eigenvalue weighted by molar-refractivity contribution is 6.31. The van der Waals surface area contributed by atoms with E-state index >= 15 is 0 Å². The molecule has 1 aliphatic rings. The summed E-state index contributed by atoms with van der Waals surface area (Å²) in [6, 6.07) is 6.42. The van der Waals surface area contributed by atoms with Crippen molar-refractivity contribution in [2.45, 2.75) is 52.1 Å². The average molecular weight is 459 g/mol. The first-order valence-corrected chi connectivity index (χ1v) is 11.2. The standard InChI is InChI=1S/C24H28ClFN4O2/c1-23(2,3)24(31)10-8-16(9-11-24)14-32-21-20(27-15-28-22(21)25)17-12-29-30(13-17)19-7-5-4-6-18(19)26/h4-7,12-13,15-16,31H,8-11,14H2,1-3H3. The van der Waals surface area contributed by atoms with Gasteiger partial charge in [0, 0.05) is 11.8 Å². The number of nitrogens with zero attached hydrogens (tertiary/aromatic N) is 4. The number of rotatable bonds is 5. The monoisotopic (exact) mass is 458 g/mol. The number of aromatic nitrogens is 4. The summed E-state index contributed by atoms with van der Waals surface area (Å²) in [6.45, 7) is 6.71. The zero-order valence-electron chi connectivity index (χ0n) is 18.6. The van der Waals surface area contributed by atoms with Crippen LogP contribution in [0.3, 0.4) is 0 Å². The smallest absolute Gasteiger partial charge is 0.183 e. The molecule has 0 bridgehead atoms. The van der Waals surface area contributed by atoms with Crippen molar-refractivity contribution >= 4 is 11.6 Å². The molecule has 6 nitrogen and oxygen atoms in total. The summed E-state index contributed by atoms with van der Waals surface area (Å²) in [4.78, 5) is 8.42. The summed E-state index contributed by atoms with van der Waals surface area (Å²) in [6.07, 6.45) is 7.89. The molecular formula is C24H28ClFN4O2. The Hall–Kier alpha value is -2.51. The van der Waals surface area contributed by atoms with E-state index in [0.717, 1.165) is 25.7 Å². The van der Waals surface area contributed by atoms with E-state index in [0.29, 0.717) is 35.2 Å². The topological polar surface area (TPSA) is 73.1 Å². The maximum Gasteiger partial charge on any atom is 0.183 e. The van der Waals surface area contributed by atoms with E-state index < -0.39 is 5.60 Å². The lowest BCUT2D eigenvalue weighted by Gasteiger charge is -2.45. The van der Waals surface area contributed by atoms with Crippen LogP contribution in [-0.2, 0) is 0 Å². The zero-order valence-corrected chi connectivity index (χ0v) is 19.3. The van der Waals surface area contributed by atoms with Gasteiger partial charge < -0.3 is 9.84 Å². The zero-order chi connectivity index (χ0) is 22.9. The number of aliphatic hydroxyl groups is 1. The largest absolute Gasteiger partial charge is 0.488 e. The lowest BCUT2D eigenvalue weighted by atomic mass is 9.66. The molecule has 0 amide bonds. The van der Waals surface area contributed by atoms with Crippen LogP contribution in [0.2, 0.25) is 5.15 Å². The van der Waals surface area contributed by atoms with Gasteiger partial charge in [-0.25, -0.2) is 19.0 Å². The van der Waals surface area contributed by atoms with Crippen LogP contribution in [0.4, 0.5) is 4.39 Å². The molecule has 1 saturated carbocycles. The third kappa shape index (κ3) is 4.50. The van der Waals surface area contributed by atoms with Crippen LogP contribution < -0.4 is 4.74 Å². The fourth-order valence-corrected chi connectivity index (χ4v) is 4.36. The van der Waals surface area contributed by atoms with E-state index in [1.54, 1.807) is 30.6 Å². The molecule has 4 rings (SSSR count). The van der Waals surface area contributed by atoms with E-state index in [4.69, 9.17) is 16.3 Å². The van der Waals surface area contributed by atoms with Crippen molar-refractivity contribution in [3.05, 3.63) is 54.0 Å². The quantitative estimate of drug-likeness (QED) is 0.513. The van der Waals surface area contributed by atoms with Gasteiger partial charge in [-0.1, -0.05) is 44.5 Å². The molecule has 1 aliphatic carbocycles. The van der Waals surface area contributed by atoms with Gasteiger partial charge in [0.2, 0.25) is 0 Å². The van der Waals surface area contributed by atoms with Gasteiger partial charge in [0.1, 0.15) is 23.5 Å².